The van der Waals surface area contributed by atoms with Crippen molar-refractivity contribution < 1.29 is 13.5 Å². The summed E-state index contributed by atoms with van der Waals surface area (Å²) in [5.74, 6) is 0.584. The summed E-state index contributed by atoms with van der Waals surface area (Å²) in [4.78, 5) is 8.53. The highest BCUT2D eigenvalue weighted by Crippen LogP contribution is 2.20. The van der Waals surface area contributed by atoms with Crippen molar-refractivity contribution in [2.45, 2.75) is 18.4 Å². The van der Waals surface area contributed by atoms with Crippen LogP contribution in [0.5, 0.6) is 0 Å². The maximum atomic E-state index is 12.6. The Morgan fingerprint density at radius 2 is 2.00 bits per heavy atom. The molecule has 1 aromatic heterocycles. The molecule has 0 atom stereocenters. The average Bonchev–Trinajstić information content (AvgIpc) is 2.53. The molecule has 0 aliphatic rings. The molecule has 0 spiro atoms. The molecular weight excluding hydrogens is 316 g/mol. The first-order valence-electron chi connectivity index (χ1n) is 7.13. The largest absolute Gasteiger partial charge is 0.395 e. The Kier molecular flexibility index (Phi) is 5.64. The van der Waals surface area contributed by atoms with E-state index >= 15 is 0 Å². The second-order valence-electron chi connectivity index (χ2n) is 5.06. The predicted molar refractivity (Wildman–Crippen MR) is 87.4 cm³/mol. The SMILES string of the molecule is Cc1cncc(NCc2ccccc2S(=O)(=O)N(C)CCO)n1. The lowest BCUT2D eigenvalue weighted by molar-refractivity contribution is 0.266. The second kappa shape index (κ2) is 7.49. The number of nitrogens with zero attached hydrogens (tertiary/aromatic N) is 3. The minimum absolute atomic E-state index is 0.0491. The molecule has 0 amide bonds. The summed E-state index contributed by atoms with van der Waals surface area (Å²) < 4.78 is 26.3. The monoisotopic (exact) mass is 336 g/mol. The van der Waals surface area contributed by atoms with Gasteiger partial charge in [-0.25, -0.2) is 13.4 Å². The van der Waals surface area contributed by atoms with E-state index in [-0.39, 0.29) is 18.0 Å². The summed E-state index contributed by atoms with van der Waals surface area (Å²) in [6.45, 7) is 1.96. The highest BCUT2D eigenvalue weighted by molar-refractivity contribution is 7.89. The van der Waals surface area contributed by atoms with Crippen molar-refractivity contribution in [3.8, 4) is 0 Å². The Balaban J connectivity index is 2.24. The molecule has 2 N–H and O–H groups in total. The average molecular weight is 336 g/mol. The van der Waals surface area contributed by atoms with Crippen LogP contribution in [-0.4, -0.2) is 48.0 Å². The fraction of sp³-hybridized carbons (Fsp3) is 0.333. The van der Waals surface area contributed by atoms with Crippen LogP contribution in [-0.2, 0) is 16.6 Å². The van der Waals surface area contributed by atoms with Gasteiger partial charge in [0, 0.05) is 26.3 Å². The Labute approximate surface area is 136 Å². The molecule has 0 saturated heterocycles. The number of anilines is 1. The van der Waals surface area contributed by atoms with E-state index in [1.807, 2.05) is 6.92 Å². The van der Waals surface area contributed by atoms with E-state index in [0.717, 1.165) is 10.00 Å². The quantitative estimate of drug-likeness (QED) is 0.783. The number of hydrogen-bond acceptors (Lipinski definition) is 6. The lowest BCUT2D eigenvalue weighted by atomic mass is 10.2. The number of aromatic nitrogens is 2. The molecule has 2 rings (SSSR count). The maximum absolute atomic E-state index is 12.6. The first kappa shape index (κ1) is 17.3. The van der Waals surface area contributed by atoms with Crippen molar-refractivity contribution in [3.05, 3.63) is 47.9 Å². The number of aliphatic hydroxyl groups excluding tert-OH is 1. The first-order chi connectivity index (χ1) is 10.9. The molecule has 7 nitrogen and oxygen atoms in total. The lowest BCUT2D eigenvalue weighted by Gasteiger charge is -2.18. The highest BCUT2D eigenvalue weighted by Gasteiger charge is 2.23. The Bertz CT molecular complexity index is 765. The van der Waals surface area contributed by atoms with Crippen molar-refractivity contribution in [1.82, 2.24) is 14.3 Å². The molecule has 23 heavy (non-hydrogen) atoms. The van der Waals surface area contributed by atoms with Gasteiger partial charge in [0.1, 0.15) is 5.82 Å². The number of rotatable bonds is 7. The standard InChI is InChI=1S/C15H20N4O3S/c1-12-9-16-11-15(18-12)17-10-13-5-3-4-6-14(13)23(21,22)19(2)7-8-20/h3-6,9,11,20H,7-8,10H2,1-2H3,(H,17,18). The van der Waals surface area contributed by atoms with Gasteiger partial charge in [-0.05, 0) is 18.6 Å². The van der Waals surface area contributed by atoms with Crippen molar-refractivity contribution in [1.29, 1.82) is 0 Å². The van der Waals surface area contributed by atoms with Gasteiger partial charge in [-0.1, -0.05) is 18.2 Å². The van der Waals surface area contributed by atoms with Gasteiger partial charge in [0.2, 0.25) is 10.0 Å². The number of aryl methyl sites for hydroxylation is 1. The number of nitrogens with one attached hydrogen (secondary N) is 1. The zero-order chi connectivity index (χ0) is 16.9. The number of hydrogen-bond donors (Lipinski definition) is 2. The summed E-state index contributed by atoms with van der Waals surface area (Å²) in [7, 11) is -2.20. The molecular formula is C15H20N4O3S. The molecule has 0 radical (unpaired) electrons. The summed E-state index contributed by atoms with van der Waals surface area (Å²) in [5.41, 5.74) is 1.40. The van der Waals surface area contributed by atoms with Gasteiger partial charge < -0.3 is 10.4 Å². The van der Waals surface area contributed by atoms with Gasteiger partial charge in [-0.15, -0.1) is 0 Å². The van der Waals surface area contributed by atoms with Gasteiger partial charge in [0.05, 0.1) is 23.4 Å². The van der Waals surface area contributed by atoms with Crippen LogP contribution >= 0.6 is 0 Å². The summed E-state index contributed by atoms with van der Waals surface area (Å²) in [6.07, 6.45) is 3.23. The third kappa shape index (κ3) is 4.25. The molecule has 0 aliphatic heterocycles. The summed E-state index contributed by atoms with van der Waals surface area (Å²) in [5, 5.41) is 12.0. The highest BCUT2D eigenvalue weighted by atomic mass is 32.2. The van der Waals surface area contributed by atoms with Crippen LogP contribution in [0.1, 0.15) is 11.3 Å². The molecule has 0 aliphatic carbocycles. The van der Waals surface area contributed by atoms with Gasteiger partial charge in [0.25, 0.3) is 0 Å². The van der Waals surface area contributed by atoms with Crippen LogP contribution in [0, 0.1) is 6.92 Å². The van der Waals surface area contributed by atoms with Crippen molar-refractivity contribution >= 4 is 15.8 Å². The summed E-state index contributed by atoms with van der Waals surface area (Å²) >= 11 is 0. The zero-order valence-electron chi connectivity index (χ0n) is 13.1. The Morgan fingerprint density at radius 1 is 1.26 bits per heavy atom. The molecule has 1 aromatic carbocycles. The van der Waals surface area contributed by atoms with Gasteiger partial charge in [0.15, 0.2) is 0 Å². The minimum atomic E-state index is -3.65. The van der Waals surface area contributed by atoms with E-state index in [9.17, 15) is 8.42 Å². The van der Waals surface area contributed by atoms with Crippen LogP contribution in [0.2, 0.25) is 0 Å². The smallest absolute Gasteiger partial charge is 0.243 e. The lowest BCUT2D eigenvalue weighted by Crippen LogP contribution is -2.30. The molecule has 0 saturated carbocycles. The molecule has 0 unspecified atom stereocenters. The fourth-order valence-corrected chi connectivity index (χ4v) is 3.44. The summed E-state index contributed by atoms with van der Waals surface area (Å²) in [6, 6.07) is 6.76. The number of likely N-dealkylation sites (N-methyl/N-ethyl adjacent to an activating group) is 1. The van der Waals surface area contributed by atoms with E-state index in [1.54, 1.807) is 36.7 Å². The number of sulfonamides is 1. The Hall–Kier alpha value is -2.03. The molecule has 0 fully saturated rings. The van der Waals surface area contributed by atoms with E-state index in [0.29, 0.717) is 17.9 Å². The first-order valence-corrected chi connectivity index (χ1v) is 8.57. The van der Waals surface area contributed by atoms with Gasteiger partial charge in [-0.3, -0.25) is 4.98 Å². The van der Waals surface area contributed by atoms with Crippen LogP contribution in [0.15, 0.2) is 41.6 Å². The maximum Gasteiger partial charge on any atom is 0.243 e. The minimum Gasteiger partial charge on any atom is -0.395 e. The third-order valence-electron chi connectivity index (χ3n) is 3.29. The zero-order valence-corrected chi connectivity index (χ0v) is 13.9. The van der Waals surface area contributed by atoms with E-state index in [4.69, 9.17) is 5.11 Å². The topological polar surface area (TPSA) is 95.4 Å². The molecule has 1 heterocycles. The molecule has 124 valence electrons. The van der Waals surface area contributed by atoms with Crippen LogP contribution in [0.3, 0.4) is 0 Å². The van der Waals surface area contributed by atoms with Gasteiger partial charge >= 0.3 is 0 Å². The molecule has 0 bridgehead atoms. The second-order valence-corrected chi connectivity index (χ2v) is 7.07. The van der Waals surface area contributed by atoms with E-state index < -0.39 is 10.0 Å². The van der Waals surface area contributed by atoms with Crippen LogP contribution in [0.25, 0.3) is 0 Å². The van der Waals surface area contributed by atoms with Gasteiger partial charge in [-0.2, -0.15) is 4.31 Å². The molecule has 2 aromatic rings. The van der Waals surface area contributed by atoms with E-state index in [2.05, 4.69) is 15.3 Å². The third-order valence-corrected chi connectivity index (χ3v) is 5.25. The normalized spacial score (nSPS) is 11.7. The molecule has 8 heteroatoms. The number of aliphatic hydroxyl groups is 1. The van der Waals surface area contributed by atoms with Crippen molar-refractivity contribution in [3.63, 3.8) is 0 Å². The van der Waals surface area contributed by atoms with Crippen LogP contribution in [0.4, 0.5) is 5.82 Å². The Morgan fingerprint density at radius 3 is 2.70 bits per heavy atom. The number of benzene rings is 1. The van der Waals surface area contributed by atoms with Crippen molar-refractivity contribution in [2.75, 3.05) is 25.5 Å². The van der Waals surface area contributed by atoms with Crippen LogP contribution < -0.4 is 5.32 Å². The van der Waals surface area contributed by atoms with Crippen molar-refractivity contribution in [2.24, 2.45) is 0 Å². The predicted octanol–water partition coefficient (Wildman–Crippen LogP) is 1.01. The fourth-order valence-electron chi connectivity index (χ4n) is 2.06. The van der Waals surface area contributed by atoms with E-state index in [1.165, 1.54) is 7.05 Å².